The van der Waals surface area contributed by atoms with Crippen LogP contribution in [-0.4, -0.2) is 18.1 Å². The van der Waals surface area contributed by atoms with Crippen molar-refractivity contribution in [1.29, 1.82) is 0 Å². The van der Waals surface area contributed by atoms with Crippen LogP contribution in [0.5, 0.6) is 5.75 Å². The third kappa shape index (κ3) is 1.69. The van der Waals surface area contributed by atoms with Crippen LogP contribution in [0.3, 0.4) is 0 Å². The molecule has 0 amide bonds. The third-order valence-electron chi connectivity index (χ3n) is 2.71. The van der Waals surface area contributed by atoms with Crippen LogP contribution in [0.15, 0.2) is 30.3 Å². The van der Waals surface area contributed by atoms with Crippen LogP contribution in [0.4, 0.5) is 0 Å². The van der Waals surface area contributed by atoms with Gasteiger partial charge >= 0.3 is 0 Å². The fraction of sp³-hybridized carbons (Fsp3) is 0.0769. The summed E-state index contributed by atoms with van der Waals surface area (Å²) in [5.41, 5.74) is 0.815. The summed E-state index contributed by atoms with van der Waals surface area (Å²) < 4.78 is 5.15. The van der Waals surface area contributed by atoms with E-state index in [0.29, 0.717) is 4.83 Å². The zero-order valence-electron chi connectivity index (χ0n) is 9.47. The van der Waals surface area contributed by atoms with Gasteiger partial charge in [-0.3, -0.25) is 0 Å². The SMILES string of the molecule is COc1ccc2nc3sc(C(=O)[O-])cc3cc2c1. The molecule has 0 atom stereocenters. The van der Waals surface area contributed by atoms with E-state index in [0.717, 1.165) is 33.4 Å². The zero-order chi connectivity index (χ0) is 12.7. The highest BCUT2D eigenvalue weighted by Gasteiger charge is 2.06. The lowest BCUT2D eigenvalue weighted by Gasteiger charge is -2.01. The molecule has 0 aliphatic heterocycles. The first-order chi connectivity index (χ1) is 8.67. The van der Waals surface area contributed by atoms with Crippen molar-refractivity contribution in [2.24, 2.45) is 0 Å². The lowest BCUT2D eigenvalue weighted by atomic mass is 10.2. The number of carboxylic acid groups (broad SMARTS) is 1. The van der Waals surface area contributed by atoms with E-state index in [1.165, 1.54) is 0 Å². The molecule has 4 nitrogen and oxygen atoms in total. The van der Waals surface area contributed by atoms with Crippen molar-refractivity contribution in [3.8, 4) is 5.75 Å². The molecule has 0 aliphatic rings. The summed E-state index contributed by atoms with van der Waals surface area (Å²) in [6, 6.07) is 9.04. The minimum atomic E-state index is -1.17. The van der Waals surface area contributed by atoms with Crippen LogP contribution in [-0.2, 0) is 0 Å². The number of carbonyl (C=O) groups excluding carboxylic acids is 1. The predicted molar refractivity (Wildman–Crippen MR) is 68.0 cm³/mol. The molecule has 90 valence electrons. The van der Waals surface area contributed by atoms with E-state index in [-0.39, 0.29) is 4.88 Å². The molecule has 0 unspecified atom stereocenters. The summed E-state index contributed by atoms with van der Waals surface area (Å²) in [5.74, 6) is -0.418. The van der Waals surface area contributed by atoms with Crippen LogP contribution in [0, 0.1) is 0 Å². The quantitative estimate of drug-likeness (QED) is 0.703. The average Bonchev–Trinajstić information content (AvgIpc) is 2.78. The van der Waals surface area contributed by atoms with Crippen LogP contribution in [0.1, 0.15) is 9.67 Å². The minimum absolute atomic E-state index is 0.194. The number of benzene rings is 1. The highest BCUT2D eigenvalue weighted by atomic mass is 32.1. The number of carboxylic acids is 1. The van der Waals surface area contributed by atoms with E-state index >= 15 is 0 Å². The second kappa shape index (κ2) is 3.96. The van der Waals surface area contributed by atoms with E-state index in [2.05, 4.69) is 4.98 Å². The van der Waals surface area contributed by atoms with E-state index < -0.39 is 5.97 Å². The van der Waals surface area contributed by atoms with Gasteiger partial charge in [0.25, 0.3) is 0 Å². The molecular formula is C13H8NO3S-. The van der Waals surface area contributed by atoms with Crippen molar-refractivity contribution in [2.75, 3.05) is 7.11 Å². The number of hydrogen-bond acceptors (Lipinski definition) is 5. The Morgan fingerprint density at radius 1 is 1.28 bits per heavy atom. The van der Waals surface area contributed by atoms with E-state index in [1.807, 2.05) is 24.3 Å². The number of rotatable bonds is 2. The number of aromatic carboxylic acids is 1. The van der Waals surface area contributed by atoms with Crippen molar-refractivity contribution in [3.63, 3.8) is 0 Å². The number of ether oxygens (including phenoxy) is 1. The number of nitrogens with zero attached hydrogens (tertiary/aromatic N) is 1. The predicted octanol–water partition coefficient (Wildman–Crippen LogP) is 1.82. The summed E-state index contributed by atoms with van der Waals surface area (Å²) in [5, 5.41) is 12.5. The van der Waals surface area contributed by atoms with Crippen molar-refractivity contribution in [2.45, 2.75) is 0 Å². The summed E-state index contributed by atoms with van der Waals surface area (Å²) in [4.78, 5) is 16.1. The average molecular weight is 258 g/mol. The second-order valence-electron chi connectivity index (χ2n) is 3.84. The molecule has 0 saturated heterocycles. The molecule has 18 heavy (non-hydrogen) atoms. The molecule has 0 fully saturated rings. The van der Waals surface area contributed by atoms with Gasteiger partial charge in [0.2, 0.25) is 0 Å². The van der Waals surface area contributed by atoms with Crippen LogP contribution in [0.2, 0.25) is 0 Å². The molecule has 0 aliphatic carbocycles. The normalized spacial score (nSPS) is 10.9. The monoisotopic (exact) mass is 258 g/mol. The fourth-order valence-electron chi connectivity index (χ4n) is 1.84. The molecule has 3 aromatic rings. The third-order valence-corrected chi connectivity index (χ3v) is 3.73. The Kier molecular flexibility index (Phi) is 2.41. The molecule has 2 aromatic heterocycles. The number of carbonyl (C=O) groups is 1. The summed E-state index contributed by atoms with van der Waals surface area (Å²) in [6.45, 7) is 0. The maximum Gasteiger partial charge on any atom is 0.124 e. The van der Waals surface area contributed by atoms with E-state index in [1.54, 1.807) is 13.2 Å². The van der Waals surface area contributed by atoms with Gasteiger partial charge in [0, 0.05) is 10.8 Å². The Hall–Kier alpha value is -2.14. The first-order valence-electron chi connectivity index (χ1n) is 5.27. The van der Waals surface area contributed by atoms with Gasteiger partial charge in [-0.1, -0.05) is 0 Å². The molecule has 0 N–H and O–H groups in total. The highest BCUT2D eigenvalue weighted by Crippen LogP contribution is 2.28. The van der Waals surface area contributed by atoms with Crippen molar-refractivity contribution in [3.05, 3.63) is 35.2 Å². The maximum atomic E-state index is 10.8. The van der Waals surface area contributed by atoms with Gasteiger partial charge in [-0.05, 0) is 30.3 Å². The Morgan fingerprint density at radius 3 is 2.83 bits per heavy atom. The van der Waals surface area contributed by atoms with Crippen LogP contribution < -0.4 is 9.84 Å². The van der Waals surface area contributed by atoms with E-state index in [4.69, 9.17) is 4.74 Å². The fourth-order valence-corrected chi connectivity index (χ4v) is 2.70. The first-order valence-corrected chi connectivity index (χ1v) is 6.09. The molecule has 1 aromatic carbocycles. The zero-order valence-corrected chi connectivity index (χ0v) is 10.3. The van der Waals surface area contributed by atoms with Crippen molar-refractivity contribution < 1.29 is 14.6 Å². The van der Waals surface area contributed by atoms with Gasteiger partial charge in [0.05, 0.1) is 23.5 Å². The molecule has 5 heteroatoms. The first kappa shape index (κ1) is 11.0. The minimum Gasteiger partial charge on any atom is -0.544 e. The van der Waals surface area contributed by atoms with Gasteiger partial charge in [0.1, 0.15) is 10.6 Å². The molecule has 2 heterocycles. The summed E-state index contributed by atoms with van der Waals surface area (Å²) in [6.07, 6.45) is 0. The van der Waals surface area contributed by atoms with Gasteiger partial charge < -0.3 is 14.6 Å². The Labute approximate surface area is 106 Å². The van der Waals surface area contributed by atoms with Crippen LogP contribution in [0.25, 0.3) is 21.1 Å². The Morgan fingerprint density at radius 2 is 2.11 bits per heavy atom. The molecule has 3 rings (SSSR count). The van der Waals surface area contributed by atoms with Gasteiger partial charge in [0.15, 0.2) is 0 Å². The molecular weight excluding hydrogens is 250 g/mol. The van der Waals surface area contributed by atoms with Crippen LogP contribution >= 0.6 is 11.3 Å². The van der Waals surface area contributed by atoms with Gasteiger partial charge in [-0.15, -0.1) is 11.3 Å². The maximum absolute atomic E-state index is 10.8. The highest BCUT2D eigenvalue weighted by molar-refractivity contribution is 7.20. The lowest BCUT2D eigenvalue weighted by Crippen LogP contribution is -2.20. The number of pyridine rings is 1. The number of methoxy groups -OCH3 is 1. The van der Waals surface area contributed by atoms with Crippen molar-refractivity contribution >= 4 is 38.4 Å². The van der Waals surface area contributed by atoms with E-state index in [9.17, 15) is 9.90 Å². The van der Waals surface area contributed by atoms with Crippen molar-refractivity contribution in [1.82, 2.24) is 4.98 Å². The standard InChI is InChI=1S/C13H9NO3S/c1-17-9-2-3-10-7(5-9)4-8-6-11(13(15)16)18-12(8)14-10/h2-6H,1H3,(H,15,16)/p-1. The molecule has 0 bridgehead atoms. The number of thiophene rings is 1. The van der Waals surface area contributed by atoms with Gasteiger partial charge in [-0.2, -0.15) is 0 Å². The number of fused-ring (bicyclic) bond motifs is 2. The number of aromatic nitrogens is 1. The molecule has 0 saturated carbocycles. The summed E-state index contributed by atoms with van der Waals surface area (Å²) in [7, 11) is 1.60. The van der Waals surface area contributed by atoms with Gasteiger partial charge in [-0.25, -0.2) is 4.98 Å². The second-order valence-corrected chi connectivity index (χ2v) is 4.87. The Bertz CT molecular complexity index is 763. The topological polar surface area (TPSA) is 62.2 Å². The lowest BCUT2D eigenvalue weighted by molar-refractivity contribution is -0.254. The molecule has 0 radical (unpaired) electrons. The summed E-state index contributed by atoms with van der Waals surface area (Å²) >= 11 is 1.13. The molecule has 0 spiro atoms. The smallest absolute Gasteiger partial charge is 0.124 e. The largest absolute Gasteiger partial charge is 0.544 e. The number of hydrogen-bond donors (Lipinski definition) is 0. The Balaban J connectivity index is 2.29.